The fourth-order valence-corrected chi connectivity index (χ4v) is 5.77. The number of phosphoric acid groups is 1. The van der Waals surface area contributed by atoms with Crippen LogP contribution >= 0.6 is 7.82 Å². The molecular weight excluding hydrogens is 671 g/mol. The van der Waals surface area contributed by atoms with Gasteiger partial charge in [-0.25, -0.2) is 4.57 Å². The molecule has 11 heteroatoms. The maximum absolute atomic E-state index is 12.5. The van der Waals surface area contributed by atoms with Gasteiger partial charge in [0, 0.05) is 12.8 Å². The van der Waals surface area contributed by atoms with Gasteiger partial charge in [0.05, 0.1) is 19.8 Å². The maximum Gasteiger partial charge on any atom is 0.472 e. The summed E-state index contributed by atoms with van der Waals surface area (Å²) in [5.41, 5.74) is 0. The van der Waals surface area contributed by atoms with Crippen molar-refractivity contribution in [2.75, 3.05) is 26.4 Å². The number of unbranched alkanes of at least 4 members (excludes halogenated alkanes) is 14. The van der Waals surface area contributed by atoms with Crippen LogP contribution in [-0.4, -0.2) is 65.7 Å². The summed E-state index contributed by atoms with van der Waals surface area (Å²) in [6.07, 6.45) is 36.5. The summed E-state index contributed by atoms with van der Waals surface area (Å²) in [6.45, 7) is 2.20. The Hall–Kier alpha value is -2.07. The van der Waals surface area contributed by atoms with E-state index in [0.717, 1.165) is 57.8 Å². The molecule has 0 spiro atoms. The topological polar surface area (TPSA) is 149 Å². The highest BCUT2D eigenvalue weighted by Gasteiger charge is 2.27. The Morgan fingerprint density at radius 2 is 1.08 bits per heavy atom. The molecule has 0 fully saturated rings. The molecule has 0 aliphatic heterocycles. The Kier molecular flexibility index (Phi) is 34.8. The number of phosphoric ester groups is 1. The molecule has 0 amide bonds. The molecule has 0 heterocycles. The first kappa shape index (κ1) is 48.9. The van der Waals surface area contributed by atoms with Crippen LogP contribution in [0.15, 0.2) is 48.6 Å². The van der Waals surface area contributed by atoms with Crippen molar-refractivity contribution in [3.63, 3.8) is 0 Å². The number of esters is 2. The van der Waals surface area contributed by atoms with Gasteiger partial charge in [-0.05, 0) is 51.4 Å². The number of hydrogen-bond donors (Lipinski definition) is 3. The summed E-state index contributed by atoms with van der Waals surface area (Å²) >= 11 is 0. The van der Waals surface area contributed by atoms with E-state index in [1.807, 2.05) is 0 Å². The normalized spacial score (nSPS) is 14.5. The molecule has 0 bridgehead atoms. The van der Waals surface area contributed by atoms with Crippen molar-refractivity contribution in [3.05, 3.63) is 48.6 Å². The van der Waals surface area contributed by atoms with E-state index in [-0.39, 0.29) is 19.4 Å². The van der Waals surface area contributed by atoms with Crippen molar-refractivity contribution >= 4 is 19.8 Å². The van der Waals surface area contributed by atoms with E-state index in [1.54, 1.807) is 0 Å². The van der Waals surface area contributed by atoms with Gasteiger partial charge in [0.2, 0.25) is 0 Å². The van der Waals surface area contributed by atoms with Crippen molar-refractivity contribution in [1.82, 2.24) is 0 Å². The predicted molar refractivity (Wildman–Crippen MR) is 205 cm³/mol. The van der Waals surface area contributed by atoms with Crippen LogP contribution in [-0.2, 0) is 32.7 Å². The molecule has 0 aliphatic carbocycles. The Morgan fingerprint density at radius 3 is 1.63 bits per heavy atom. The molecule has 0 aromatic rings. The number of hydrogen-bond acceptors (Lipinski definition) is 9. The van der Waals surface area contributed by atoms with Crippen molar-refractivity contribution in [3.8, 4) is 0 Å². The van der Waals surface area contributed by atoms with Crippen LogP contribution in [0.25, 0.3) is 0 Å². The fraction of sp³-hybridized carbons (Fsp3) is 0.750. The highest BCUT2D eigenvalue weighted by molar-refractivity contribution is 7.47. The molecule has 3 atom stereocenters. The molecule has 1 unspecified atom stereocenters. The summed E-state index contributed by atoms with van der Waals surface area (Å²) in [4.78, 5) is 34.8. The zero-order valence-corrected chi connectivity index (χ0v) is 32.7. The van der Waals surface area contributed by atoms with Crippen molar-refractivity contribution in [2.24, 2.45) is 0 Å². The van der Waals surface area contributed by atoms with E-state index in [1.165, 1.54) is 57.8 Å². The maximum atomic E-state index is 12.5. The third-order valence-electron chi connectivity index (χ3n) is 8.00. The average Bonchev–Trinajstić information content (AvgIpc) is 3.12. The quantitative estimate of drug-likeness (QED) is 0.0245. The standard InChI is InChI=1S/C40H71O10P/c1-3-5-7-9-11-13-15-17-18-20-22-24-26-28-30-32-40(44)50-38(36-49-51(45,46)48-34-37(42)33-41)35-47-39(43)31-29-27-25-23-21-19-16-14-12-10-8-6-4-2/h5,7,11,13,17-18,22,24,37-38,41-42H,3-4,6,8-10,12,14-16,19-21,23,25-36H2,1-2H3,(H,45,46)/b7-5+,13-11+,18-17+,24-22+/t37-,38+/m0/s1. The number of aliphatic hydroxyl groups is 2. The van der Waals surface area contributed by atoms with E-state index in [4.69, 9.17) is 19.1 Å². The van der Waals surface area contributed by atoms with Gasteiger partial charge in [0.15, 0.2) is 6.10 Å². The number of carbonyl (C=O) groups excluding carboxylic acids is 2. The van der Waals surface area contributed by atoms with E-state index in [9.17, 15) is 24.2 Å². The van der Waals surface area contributed by atoms with Gasteiger partial charge in [-0.2, -0.15) is 0 Å². The summed E-state index contributed by atoms with van der Waals surface area (Å²) in [6, 6.07) is 0. The lowest BCUT2D eigenvalue weighted by Gasteiger charge is -2.20. The number of aliphatic hydroxyl groups excluding tert-OH is 2. The Morgan fingerprint density at radius 1 is 0.608 bits per heavy atom. The van der Waals surface area contributed by atoms with Gasteiger partial charge in [-0.15, -0.1) is 0 Å². The van der Waals surface area contributed by atoms with E-state index >= 15 is 0 Å². The minimum absolute atomic E-state index is 0.132. The second kappa shape index (κ2) is 36.3. The summed E-state index contributed by atoms with van der Waals surface area (Å²) in [5.74, 6) is -0.975. The van der Waals surface area contributed by atoms with Crippen molar-refractivity contribution < 1.29 is 47.8 Å². The highest BCUT2D eigenvalue weighted by atomic mass is 31.2. The molecule has 0 radical (unpaired) electrons. The molecule has 0 aliphatic rings. The SMILES string of the molecule is CC/C=C/C/C=C/C/C=C/C/C=C/CCCCC(=O)O[C@H](COC(=O)CCCCCCCCCCCCCCC)COP(=O)(O)OC[C@@H](O)CO. The number of allylic oxidation sites excluding steroid dienone is 8. The van der Waals surface area contributed by atoms with Crippen LogP contribution in [0.5, 0.6) is 0 Å². The molecule has 10 nitrogen and oxygen atoms in total. The lowest BCUT2D eigenvalue weighted by atomic mass is 10.0. The minimum Gasteiger partial charge on any atom is -0.462 e. The first-order valence-electron chi connectivity index (χ1n) is 19.6. The third kappa shape index (κ3) is 36.1. The molecule has 0 rings (SSSR count). The van der Waals surface area contributed by atoms with Gasteiger partial charge in [-0.1, -0.05) is 140 Å². The van der Waals surface area contributed by atoms with E-state index in [2.05, 4.69) is 67.0 Å². The second-order valence-electron chi connectivity index (χ2n) is 12.9. The molecular formula is C40H71O10P. The zero-order chi connectivity index (χ0) is 37.7. The Balaban J connectivity index is 4.43. The summed E-state index contributed by atoms with van der Waals surface area (Å²) in [5, 5.41) is 18.3. The lowest BCUT2D eigenvalue weighted by Crippen LogP contribution is -2.29. The predicted octanol–water partition coefficient (Wildman–Crippen LogP) is 9.77. The molecule has 3 N–H and O–H groups in total. The molecule has 0 saturated carbocycles. The van der Waals surface area contributed by atoms with Gasteiger partial charge in [-0.3, -0.25) is 18.6 Å². The van der Waals surface area contributed by atoms with Gasteiger partial charge < -0.3 is 24.6 Å². The Labute approximate surface area is 309 Å². The highest BCUT2D eigenvalue weighted by Crippen LogP contribution is 2.43. The minimum atomic E-state index is -4.62. The lowest BCUT2D eigenvalue weighted by molar-refractivity contribution is -0.161. The number of carbonyl (C=O) groups is 2. The van der Waals surface area contributed by atoms with Crippen LogP contribution < -0.4 is 0 Å². The first-order chi connectivity index (χ1) is 24.7. The van der Waals surface area contributed by atoms with Gasteiger partial charge in [0.25, 0.3) is 0 Å². The molecule has 0 aromatic heterocycles. The number of ether oxygens (including phenoxy) is 2. The van der Waals surface area contributed by atoms with Crippen LogP contribution in [0.2, 0.25) is 0 Å². The number of rotatable bonds is 36. The average molecular weight is 743 g/mol. The zero-order valence-electron chi connectivity index (χ0n) is 31.8. The summed E-state index contributed by atoms with van der Waals surface area (Å²) < 4.78 is 32.6. The monoisotopic (exact) mass is 742 g/mol. The van der Waals surface area contributed by atoms with Crippen LogP contribution in [0.3, 0.4) is 0 Å². The molecule has 51 heavy (non-hydrogen) atoms. The van der Waals surface area contributed by atoms with Gasteiger partial charge >= 0.3 is 19.8 Å². The van der Waals surface area contributed by atoms with E-state index in [0.29, 0.717) is 12.8 Å². The third-order valence-corrected chi connectivity index (χ3v) is 8.95. The smallest absolute Gasteiger partial charge is 0.462 e. The molecule has 0 aromatic carbocycles. The largest absolute Gasteiger partial charge is 0.472 e. The van der Waals surface area contributed by atoms with Gasteiger partial charge in [0.1, 0.15) is 12.7 Å². The fourth-order valence-electron chi connectivity index (χ4n) is 4.98. The molecule has 0 saturated heterocycles. The van der Waals surface area contributed by atoms with Crippen LogP contribution in [0, 0.1) is 0 Å². The second-order valence-corrected chi connectivity index (χ2v) is 14.4. The van der Waals surface area contributed by atoms with Crippen LogP contribution in [0.1, 0.15) is 155 Å². The van der Waals surface area contributed by atoms with Crippen LogP contribution in [0.4, 0.5) is 0 Å². The first-order valence-corrected chi connectivity index (χ1v) is 21.1. The Bertz CT molecular complexity index is 994. The summed E-state index contributed by atoms with van der Waals surface area (Å²) in [7, 11) is -4.62. The molecule has 296 valence electrons. The van der Waals surface area contributed by atoms with Crippen molar-refractivity contribution in [1.29, 1.82) is 0 Å². The van der Waals surface area contributed by atoms with Crippen molar-refractivity contribution in [2.45, 2.75) is 167 Å². The van der Waals surface area contributed by atoms with E-state index < -0.39 is 51.8 Å².